The molecule has 0 saturated heterocycles. The first-order valence-electron chi connectivity index (χ1n) is 11.3. The SMILES string of the molecule is O=C(NC1CCCCC1)[C@@H](c1cc2c(cc1[N+](=O)[O-])OCO2)N(CCO)Cc1ccccc1. The van der Waals surface area contributed by atoms with Crippen molar-refractivity contribution in [3.63, 3.8) is 0 Å². The van der Waals surface area contributed by atoms with E-state index in [9.17, 15) is 20.0 Å². The van der Waals surface area contributed by atoms with Crippen LogP contribution in [0, 0.1) is 10.1 Å². The zero-order chi connectivity index (χ0) is 23.2. The molecule has 2 N–H and O–H groups in total. The molecule has 2 aliphatic rings. The van der Waals surface area contributed by atoms with Crippen molar-refractivity contribution in [2.45, 2.75) is 50.7 Å². The Kier molecular flexibility index (Phi) is 7.41. The smallest absolute Gasteiger partial charge is 0.278 e. The molecule has 1 fully saturated rings. The van der Waals surface area contributed by atoms with E-state index in [1.807, 2.05) is 30.3 Å². The van der Waals surface area contributed by atoms with Crippen LogP contribution in [-0.2, 0) is 11.3 Å². The lowest BCUT2D eigenvalue weighted by Gasteiger charge is -2.32. The van der Waals surface area contributed by atoms with Crippen LogP contribution in [-0.4, -0.2) is 46.8 Å². The number of aliphatic hydroxyl groups is 1. The van der Waals surface area contributed by atoms with Crippen molar-refractivity contribution in [3.8, 4) is 11.5 Å². The number of aliphatic hydroxyl groups excluding tert-OH is 1. The number of hydrogen-bond acceptors (Lipinski definition) is 7. The van der Waals surface area contributed by atoms with Gasteiger partial charge in [-0.15, -0.1) is 0 Å². The van der Waals surface area contributed by atoms with Gasteiger partial charge in [0.1, 0.15) is 6.04 Å². The Bertz CT molecular complexity index is 978. The third-order valence-electron chi connectivity index (χ3n) is 6.19. The Balaban J connectivity index is 1.74. The molecule has 0 spiro atoms. The van der Waals surface area contributed by atoms with E-state index < -0.39 is 11.0 Å². The highest BCUT2D eigenvalue weighted by Crippen LogP contribution is 2.42. The second-order valence-electron chi connectivity index (χ2n) is 8.45. The van der Waals surface area contributed by atoms with Gasteiger partial charge >= 0.3 is 0 Å². The van der Waals surface area contributed by atoms with E-state index >= 15 is 0 Å². The molecule has 176 valence electrons. The quantitative estimate of drug-likeness (QED) is 0.440. The minimum Gasteiger partial charge on any atom is -0.454 e. The number of fused-ring (bicyclic) bond motifs is 1. The Morgan fingerprint density at radius 1 is 1.15 bits per heavy atom. The predicted molar refractivity (Wildman–Crippen MR) is 121 cm³/mol. The number of ether oxygens (including phenoxy) is 2. The van der Waals surface area contributed by atoms with Crippen molar-refractivity contribution in [1.82, 2.24) is 10.2 Å². The summed E-state index contributed by atoms with van der Waals surface area (Å²) in [6, 6.07) is 11.4. The van der Waals surface area contributed by atoms with Crippen LogP contribution in [0.2, 0.25) is 0 Å². The number of nitro groups is 1. The highest BCUT2D eigenvalue weighted by Gasteiger charge is 2.36. The Labute approximate surface area is 192 Å². The second kappa shape index (κ2) is 10.6. The number of benzene rings is 2. The van der Waals surface area contributed by atoms with Gasteiger partial charge in [0.25, 0.3) is 5.69 Å². The molecule has 9 nitrogen and oxygen atoms in total. The number of carbonyl (C=O) groups excluding carboxylic acids is 1. The molecular formula is C24H29N3O6. The first kappa shape index (κ1) is 23.0. The molecule has 0 unspecified atom stereocenters. The third-order valence-corrected chi connectivity index (χ3v) is 6.19. The lowest BCUT2D eigenvalue weighted by Crippen LogP contribution is -2.45. The fourth-order valence-electron chi connectivity index (χ4n) is 4.60. The van der Waals surface area contributed by atoms with Crippen LogP contribution < -0.4 is 14.8 Å². The van der Waals surface area contributed by atoms with Crippen LogP contribution >= 0.6 is 0 Å². The number of rotatable bonds is 9. The van der Waals surface area contributed by atoms with E-state index in [-0.39, 0.29) is 48.9 Å². The monoisotopic (exact) mass is 455 g/mol. The summed E-state index contributed by atoms with van der Waals surface area (Å²) >= 11 is 0. The van der Waals surface area contributed by atoms with E-state index in [1.165, 1.54) is 12.1 Å². The molecule has 1 aliphatic carbocycles. The van der Waals surface area contributed by atoms with Crippen LogP contribution in [0.4, 0.5) is 5.69 Å². The number of nitro benzene ring substituents is 1. The number of nitrogens with zero attached hydrogens (tertiary/aromatic N) is 2. The summed E-state index contributed by atoms with van der Waals surface area (Å²) < 4.78 is 10.8. The minimum atomic E-state index is -0.978. The van der Waals surface area contributed by atoms with E-state index in [2.05, 4.69) is 5.32 Å². The zero-order valence-corrected chi connectivity index (χ0v) is 18.4. The maximum absolute atomic E-state index is 13.7. The van der Waals surface area contributed by atoms with E-state index in [0.29, 0.717) is 12.3 Å². The molecule has 4 rings (SSSR count). The Morgan fingerprint density at radius 3 is 2.52 bits per heavy atom. The van der Waals surface area contributed by atoms with Gasteiger partial charge in [-0.2, -0.15) is 0 Å². The predicted octanol–water partition coefficient (Wildman–Crippen LogP) is 3.31. The largest absolute Gasteiger partial charge is 0.454 e. The van der Waals surface area contributed by atoms with Crippen LogP contribution in [0.3, 0.4) is 0 Å². The minimum absolute atomic E-state index is 0.0285. The Hall–Kier alpha value is -3.17. The summed E-state index contributed by atoms with van der Waals surface area (Å²) in [4.78, 5) is 26.9. The van der Waals surface area contributed by atoms with Gasteiger partial charge < -0.3 is 19.9 Å². The molecular weight excluding hydrogens is 426 g/mol. The van der Waals surface area contributed by atoms with Crippen molar-refractivity contribution < 1.29 is 24.3 Å². The van der Waals surface area contributed by atoms with Gasteiger partial charge in [-0.05, 0) is 24.5 Å². The topological polar surface area (TPSA) is 114 Å². The molecule has 1 atom stereocenters. The lowest BCUT2D eigenvalue weighted by atomic mass is 9.94. The van der Waals surface area contributed by atoms with Crippen molar-refractivity contribution in [1.29, 1.82) is 0 Å². The molecule has 1 aliphatic heterocycles. The molecule has 1 amide bonds. The van der Waals surface area contributed by atoms with Crippen molar-refractivity contribution in [2.24, 2.45) is 0 Å². The van der Waals surface area contributed by atoms with Gasteiger partial charge in [-0.25, -0.2) is 0 Å². The van der Waals surface area contributed by atoms with Crippen LogP contribution in [0.15, 0.2) is 42.5 Å². The maximum atomic E-state index is 13.7. The van der Waals surface area contributed by atoms with Gasteiger partial charge in [0, 0.05) is 19.1 Å². The van der Waals surface area contributed by atoms with Crippen molar-refractivity contribution in [3.05, 3.63) is 63.7 Å². The van der Waals surface area contributed by atoms with Gasteiger partial charge in [0.15, 0.2) is 11.5 Å². The molecule has 9 heteroatoms. The molecule has 1 heterocycles. The van der Waals surface area contributed by atoms with E-state index in [0.717, 1.165) is 37.7 Å². The molecule has 2 aromatic rings. The highest BCUT2D eigenvalue weighted by molar-refractivity contribution is 5.85. The normalized spacial score (nSPS) is 16.5. The zero-order valence-electron chi connectivity index (χ0n) is 18.4. The number of hydrogen-bond donors (Lipinski definition) is 2. The average molecular weight is 456 g/mol. The van der Waals surface area contributed by atoms with Crippen molar-refractivity contribution >= 4 is 11.6 Å². The number of carbonyl (C=O) groups is 1. The van der Waals surface area contributed by atoms with Gasteiger partial charge in [-0.1, -0.05) is 49.6 Å². The average Bonchev–Trinajstić information content (AvgIpc) is 3.28. The lowest BCUT2D eigenvalue weighted by molar-refractivity contribution is -0.386. The summed E-state index contributed by atoms with van der Waals surface area (Å²) in [5.41, 5.74) is 0.950. The molecule has 1 saturated carbocycles. The summed E-state index contributed by atoms with van der Waals surface area (Å²) in [7, 11) is 0. The summed E-state index contributed by atoms with van der Waals surface area (Å²) in [6.45, 7) is 0.288. The second-order valence-corrected chi connectivity index (χ2v) is 8.45. The van der Waals surface area contributed by atoms with Crippen LogP contribution in [0.25, 0.3) is 0 Å². The number of nitrogens with one attached hydrogen (secondary N) is 1. The van der Waals surface area contributed by atoms with Gasteiger partial charge in [0.05, 0.1) is 23.2 Å². The molecule has 2 aromatic carbocycles. The Morgan fingerprint density at radius 2 is 1.85 bits per heavy atom. The highest BCUT2D eigenvalue weighted by atomic mass is 16.7. The third kappa shape index (κ3) is 5.43. The standard InChI is InChI=1S/C24H29N3O6/c28-12-11-26(15-17-7-3-1-4-8-17)23(24(29)25-18-9-5-2-6-10-18)19-13-21-22(33-16-32-21)14-20(19)27(30)31/h1,3-4,7-8,13-14,18,23,28H,2,5-6,9-12,15-16H2,(H,25,29)/t23-/m1/s1. The van der Waals surface area contributed by atoms with Crippen molar-refractivity contribution in [2.75, 3.05) is 19.9 Å². The fourth-order valence-corrected chi connectivity index (χ4v) is 4.60. The molecule has 33 heavy (non-hydrogen) atoms. The van der Waals surface area contributed by atoms with Gasteiger partial charge in [0.2, 0.25) is 12.7 Å². The van der Waals surface area contributed by atoms with E-state index in [1.54, 1.807) is 4.90 Å². The first-order chi connectivity index (χ1) is 16.1. The number of amides is 1. The molecule has 0 bridgehead atoms. The van der Waals surface area contributed by atoms with Gasteiger partial charge in [-0.3, -0.25) is 19.8 Å². The van der Waals surface area contributed by atoms with Crippen LogP contribution in [0.1, 0.15) is 49.3 Å². The summed E-state index contributed by atoms with van der Waals surface area (Å²) in [5, 5.41) is 24.9. The molecule has 0 aromatic heterocycles. The summed E-state index contributed by atoms with van der Waals surface area (Å²) in [6.07, 6.45) is 5.02. The summed E-state index contributed by atoms with van der Waals surface area (Å²) in [5.74, 6) is 0.344. The first-order valence-corrected chi connectivity index (χ1v) is 11.3. The molecule has 0 radical (unpaired) electrons. The fraction of sp³-hybridized carbons (Fsp3) is 0.458. The van der Waals surface area contributed by atoms with E-state index in [4.69, 9.17) is 9.47 Å². The maximum Gasteiger partial charge on any atom is 0.278 e. The van der Waals surface area contributed by atoms with Crippen LogP contribution in [0.5, 0.6) is 11.5 Å².